The van der Waals surface area contributed by atoms with E-state index in [0.717, 1.165) is 0 Å². The number of nitrogens with one attached hydrogen (secondary N) is 1. The number of nitrogens with zero attached hydrogens (tertiary/aromatic N) is 2. The van der Waals surface area contributed by atoms with Gasteiger partial charge in [-0.2, -0.15) is 5.10 Å². The monoisotopic (exact) mass is 352 g/mol. The van der Waals surface area contributed by atoms with Crippen LogP contribution in [0.15, 0.2) is 44.3 Å². The van der Waals surface area contributed by atoms with Crippen LogP contribution in [0.1, 0.15) is 5.76 Å². The molecule has 0 saturated carbocycles. The van der Waals surface area contributed by atoms with E-state index in [4.69, 9.17) is 10.2 Å². The number of furan rings is 1. The number of nitro benzene ring substituents is 1. The molecule has 0 radical (unpaired) electrons. The van der Waals surface area contributed by atoms with Crippen LogP contribution in [0.25, 0.3) is 11.3 Å². The molecular weight excluding hydrogens is 344 g/mol. The number of non-ortho nitro benzene ring substituents is 1. The Bertz CT molecular complexity index is 726. The lowest BCUT2D eigenvalue weighted by Crippen LogP contribution is -2.24. The lowest BCUT2D eigenvalue weighted by Gasteiger charge is -2.00. The molecule has 2 rings (SSSR count). The average molecular weight is 353 g/mol. The number of nitro groups is 1. The highest BCUT2D eigenvalue weighted by Gasteiger charge is 2.12. The summed E-state index contributed by atoms with van der Waals surface area (Å²) >= 11 is 3.26. The number of nitrogens with two attached hydrogens (primary N) is 1. The molecule has 1 aromatic heterocycles. The minimum atomic E-state index is -0.781. The lowest BCUT2D eigenvalue weighted by molar-refractivity contribution is -0.384. The lowest BCUT2D eigenvalue weighted by atomic mass is 10.1. The first kappa shape index (κ1) is 14.7. The number of benzene rings is 1. The number of hydrogen-bond acceptors (Lipinski definition) is 5. The van der Waals surface area contributed by atoms with Crippen LogP contribution in [-0.4, -0.2) is 17.2 Å². The second kappa shape index (κ2) is 6.18. The largest absolute Gasteiger partial charge is 0.455 e. The molecule has 3 N–H and O–H groups in total. The molecule has 21 heavy (non-hydrogen) atoms. The molecule has 0 saturated heterocycles. The molecule has 0 atom stereocenters. The smallest absolute Gasteiger partial charge is 0.332 e. The van der Waals surface area contributed by atoms with Crippen molar-refractivity contribution >= 4 is 33.9 Å². The maximum absolute atomic E-state index is 10.7. The normalized spacial score (nSPS) is 10.7. The number of halogens is 1. The first-order chi connectivity index (χ1) is 9.97. The molecule has 9 heteroatoms. The van der Waals surface area contributed by atoms with Crippen LogP contribution in [0, 0.1) is 10.1 Å². The van der Waals surface area contributed by atoms with Gasteiger partial charge in [-0.05, 0) is 34.1 Å². The van der Waals surface area contributed by atoms with Gasteiger partial charge in [-0.25, -0.2) is 10.2 Å². The van der Waals surface area contributed by atoms with E-state index < -0.39 is 11.0 Å². The van der Waals surface area contributed by atoms with Crippen LogP contribution in [0.2, 0.25) is 0 Å². The number of carbonyl (C=O) groups is 1. The van der Waals surface area contributed by atoms with Gasteiger partial charge in [0.15, 0.2) is 0 Å². The fraction of sp³-hybridized carbons (Fsp3) is 0. The van der Waals surface area contributed by atoms with E-state index in [0.29, 0.717) is 21.6 Å². The molecule has 0 spiro atoms. The maximum atomic E-state index is 10.7. The Balaban J connectivity index is 2.23. The van der Waals surface area contributed by atoms with E-state index in [9.17, 15) is 14.9 Å². The molecule has 1 heterocycles. The highest BCUT2D eigenvalue weighted by atomic mass is 79.9. The van der Waals surface area contributed by atoms with Crippen LogP contribution in [0.3, 0.4) is 0 Å². The zero-order chi connectivity index (χ0) is 15.4. The first-order valence-corrected chi connectivity index (χ1v) is 6.39. The van der Waals surface area contributed by atoms with E-state index in [1.807, 2.05) is 5.43 Å². The van der Waals surface area contributed by atoms with Gasteiger partial charge in [-0.3, -0.25) is 10.1 Å². The summed E-state index contributed by atoms with van der Waals surface area (Å²) in [5.41, 5.74) is 7.53. The molecule has 2 aromatic rings. The number of hydrogen-bond donors (Lipinski definition) is 2. The summed E-state index contributed by atoms with van der Waals surface area (Å²) in [5.74, 6) is 0.890. The van der Waals surface area contributed by atoms with E-state index in [1.54, 1.807) is 18.2 Å². The van der Waals surface area contributed by atoms with Gasteiger partial charge in [0.25, 0.3) is 5.69 Å². The van der Waals surface area contributed by atoms with Crippen molar-refractivity contribution in [2.45, 2.75) is 0 Å². The van der Waals surface area contributed by atoms with Crippen molar-refractivity contribution < 1.29 is 14.1 Å². The fourth-order valence-corrected chi connectivity index (χ4v) is 2.11. The molecule has 2 amide bonds. The Kier molecular flexibility index (Phi) is 4.33. The Morgan fingerprint density at radius 1 is 1.43 bits per heavy atom. The van der Waals surface area contributed by atoms with Gasteiger partial charge in [-0.15, -0.1) is 0 Å². The van der Waals surface area contributed by atoms with Crippen molar-refractivity contribution in [1.82, 2.24) is 5.43 Å². The zero-order valence-corrected chi connectivity index (χ0v) is 12.0. The third-order valence-corrected chi connectivity index (χ3v) is 3.08. The van der Waals surface area contributed by atoms with E-state index >= 15 is 0 Å². The second-order valence-corrected chi connectivity index (χ2v) is 4.71. The Morgan fingerprint density at radius 3 is 2.81 bits per heavy atom. The highest BCUT2D eigenvalue weighted by Crippen LogP contribution is 2.32. The molecule has 0 aliphatic carbocycles. The first-order valence-electron chi connectivity index (χ1n) is 5.60. The molecule has 0 aliphatic heterocycles. The Labute approximate surface area is 126 Å². The molecule has 0 fully saturated rings. The van der Waals surface area contributed by atoms with Crippen molar-refractivity contribution in [3.63, 3.8) is 0 Å². The van der Waals surface area contributed by atoms with Crippen LogP contribution in [-0.2, 0) is 0 Å². The Morgan fingerprint density at radius 2 is 2.19 bits per heavy atom. The topological polar surface area (TPSA) is 124 Å². The number of amides is 2. The van der Waals surface area contributed by atoms with Crippen molar-refractivity contribution in [3.05, 3.63) is 50.7 Å². The van der Waals surface area contributed by atoms with Gasteiger partial charge in [0, 0.05) is 22.2 Å². The third kappa shape index (κ3) is 3.66. The minimum Gasteiger partial charge on any atom is -0.455 e. The fourth-order valence-electron chi connectivity index (χ4n) is 1.54. The highest BCUT2D eigenvalue weighted by molar-refractivity contribution is 9.10. The van der Waals surface area contributed by atoms with Gasteiger partial charge < -0.3 is 10.2 Å². The number of carbonyl (C=O) groups excluding carboxylic acids is 1. The summed E-state index contributed by atoms with van der Waals surface area (Å²) in [6.45, 7) is 0. The van der Waals surface area contributed by atoms with Gasteiger partial charge in [0.05, 0.1) is 11.1 Å². The molecule has 1 aromatic carbocycles. The summed E-state index contributed by atoms with van der Waals surface area (Å²) in [4.78, 5) is 20.6. The molecule has 0 unspecified atom stereocenters. The number of urea groups is 1. The van der Waals surface area contributed by atoms with Crippen molar-refractivity contribution in [3.8, 4) is 11.3 Å². The number of hydrazone groups is 1. The standard InChI is InChI=1S/C12H9BrN4O4/c13-10-5-7(17(19)20)1-3-9(10)11-4-2-8(21-11)6-15-16-12(14)18/h1-6H,(H3,14,16,18)/b15-6-. The molecule has 108 valence electrons. The number of rotatable bonds is 4. The maximum Gasteiger partial charge on any atom is 0.332 e. The SMILES string of the molecule is NC(=O)N/N=C\c1ccc(-c2ccc([N+](=O)[O-])cc2Br)o1. The third-order valence-electron chi connectivity index (χ3n) is 2.42. The quantitative estimate of drug-likeness (QED) is 0.498. The summed E-state index contributed by atoms with van der Waals surface area (Å²) in [5, 5.41) is 14.2. The summed E-state index contributed by atoms with van der Waals surface area (Å²) < 4.78 is 6.02. The van der Waals surface area contributed by atoms with Gasteiger partial charge in [0.2, 0.25) is 0 Å². The van der Waals surface area contributed by atoms with Gasteiger partial charge in [-0.1, -0.05) is 0 Å². The van der Waals surface area contributed by atoms with Gasteiger partial charge in [0.1, 0.15) is 11.5 Å². The number of primary amides is 1. The average Bonchev–Trinajstić information content (AvgIpc) is 2.86. The van der Waals surface area contributed by atoms with E-state index in [1.165, 1.54) is 18.3 Å². The van der Waals surface area contributed by atoms with Crippen LogP contribution >= 0.6 is 15.9 Å². The van der Waals surface area contributed by atoms with Crippen molar-refractivity contribution in [2.75, 3.05) is 0 Å². The van der Waals surface area contributed by atoms with Gasteiger partial charge >= 0.3 is 6.03 Å². The predicted octanol–water partition coefficient (Wildman–Crippen LogP) is 2.62. The summed E-state index contributed by atoms with van der Waals surface area (Å²) in [6, 6.07) is 6.87. The zero-order valence-electron chi connectivity index (χ0n) is 10.4. The minimum absolute atomic E-state index is 0.0235. The van der Waals surface area contributed by atoms with Crippen molar-refractivity contribution in [2.24, 2.45) is 10.8 Å². The van der Waals surface area contributed by atoms with Crippen molar-refractivity contribution in [1.29, 1.82) is 0 Å². The molecule has 0 aliphatic rings. The summed E-state index contributed by atoms with van der Waals surface area (Å²) in [7, 11) is 0. The Hall–Kier alpha value is -2.68. The summed E-state index contributed by atoms with van der Waals surface area (Å²) in [6.07, 6.45) is 1.29. The van der Waals surface area contributed by atoms with Crippen LogP contribution in [0.4, 0.5) is 10.5 Å². The molecule has 0 bridgehead atoms. The molecule has 8 nitrogen and oxygen atoms in total. The van der Waals surface area contributed by atoms with Crippen LogP contribution < -0.4 is 11.2 Å². The van der Waals surface area contributed by atoms with E-state index in [2.05, 4.69) is 21.0 Å². The predicted molar refractivity (Wildman–Crippen MR) is 78.8 cm³/mol. The molecular formula is C12H9BrN4O4. The second-order valence-electron chi connectivity index (χ2n) is 3.86. The van der Waals surface area contributed by atoms with Crippen LogP contribution in [0.5, 0.6) is 0 Å². The van der Waals surface area contributed by atoms with E-state index in [-0.39, 0.29) is 5.69 Å².